The molecule has 0 fully saturated rings. The van der Waals surface area contributed by atoms with Crippen molar-refractivity contribution in [2.45, 2.75) is 34.6 Å². The topological polar surface area (TPSA) is 60.4 Å². The molecular formula is C29H27FN6. The van der Waals surface area contributed by atoms with Crippen LogP contribution in [0.25, 0.3) is 33.8 Å². The fourth-order valence-electron chi connectivity index (χ4n) is 4.25. The zero-order valence-corrected chi connectivity index (χ0v) is 21.0. The fourth-order valence-corrected chi connectivity index (χ4v) is 4.25. The Morgan fingerprint density at radius 1 is 0.750 bits per heavy atom. The number of aromatic nitrogens is 6. The van der Waals surface area contributed by atoms with E-state index < -0.39 is 0 Å². The molecule has 0 unspecified atom stereocenters. The predicted molar refractivity (Wildman–Crippen MR) is 140 cm³/mol. The summed E-state index contributed by atoms with van der Waals surface area (Å²) in [5.41, 5.74) is 11.1. The van der Waals surface area contributed by atoms with Gasteiger partial charge in [-0.1, -0.05) is 0 Å². The molecule has 0 bridgehead atoms. The van der Waals surface area contributed by atoms with E-state index in [1.165, 1.54) is 17.8 Å². The second-order valence-corrected chi connectivity index (χ2v) is 8.98. The standard InChI is InChI=1S/C15H15N3.C14H12FN3/c1-10-6-7-18-12(3)15(17-14(18)8-10)13-5-4-11(2)16-9-13;1-9-5-6-16-7-12(9)14-10(2)18-8-11(15)3-4-13(18)17-14/h4-9H,1-3H3;3-8H,1-2H3. The second-order valence-electron chi connectivity index (χ2n) is 8.98. The van der Waals surface area contributed by atoms with Crippen LogP contribution in [0.15, 0.2) is 73.4 Å². The highest BCUT2D eigenvalue weighted by Crippen LogP contribution is 2.26. The monoisotopic (exact) mass is 478 g/mol. The van der Waals surface area contributed by atoms with Crippen LogP contribution in [0.1, 0.15) is 28.2 Å². The summed E-state index contributed by atoms with van der Waals surface area (Å²) in [6.07, 6.45) is 8.95. The number of fused-ring (bicyclic) bond motifs is 2. The van der Waals surface area contributed by atoms with Crippen LogP contribution >= 0.6 is 0 Å². The Kier molecular flexibility index (Phi) is 6.06. The molecule has 0 N–H and O–H groups in total. The van der Waals surface area contributed by atoms with Crippen molar-refractivity contribution in [2.75, 3.05) is 0 Å². The first-order valence-corrected chi connectivity index (χ1v) is 11.8. The van der Waals surface area contributed by atoms with E-state index >= 15 is 0 Å². The maximum Gasteiger partial charge on any atom is 0.139 e. The van der Waals surface area contributed by atoms with Crippen LogP contribution in [0.4, 0.5) is 4.39 Å². The van der Waals surface area contributed by atoms with Gasteiger partial charge in [0.1, 0.15) is 17.1 Å². The maximum absolute atomic E-state index is 13.2. The first-order valence-electron chi connectivity index (χ1n) is 11.8. The molecule has 0 aliphatic rings. The van der Waals surface area contributed by atoms with Gasteiger partial charge >= 0.3 is 0 Å². The third-order valence-electron chi connectivity index (χ3n) is 6.32. The quantitative estimate of drug-likeness (QED) is 0.286. The van der Waals surface area contributed by atoms with Crippen molar-refractivity contribution >= 4 is 11.3 Å². The molecule has 0 atom stereocenters. The molecule has 0 amide bonds. The van der Waals surface area contributed by atoms with Gasteiger partial charge in [-0.2, -0.15) is 0 Å². The molecule has 0 spiro atoms. The van der Waals surface area contributed by atoms with Gasteiger partial charge in [-0.3, -0.25) is 9.97 Å². The minimum absolute atomic E-state index is 0.266. The van der Waals surface area contributed by atoms with E-state index in [1.807, 2.05) is 39.1 Å². The molecule has 7 heteroatoms. The molecule has 0 aromatic carbocycles. The number of imidazole rings is 2. The number of nitrogens with zero attached hydrogens (tertiary/aromatic N) is 6. The van der Waals surface area contributed by atoms with Gasteiger partial charge in [-0.05, 0) is 88.2 Å². The number of aryl methyl sites for hydroxylation is 5. The summed E-state index contributed by atoms with van der Waals surface area (Å²) in [6.45, 7) is 10.1. The summed E-state index contributed by atoms with van der Waals surface area (Å²) in [5, 5.41) is 0. The summed E-state index contributed by atoms with van der Waals surface area (Å²) in [7, 11) is 0. The van der Waals surface area contributed by atoms with E-state index in [1.54, 1.807) is 22.9 Å². The molecule has 36 heavy (non-hydrogen) atoms. The van der Waals surface area contributed by atoms with Crippen LogP contribution < -0.4 is 0 Å². The van der Waals surface area contributed by atoms with Gasteiger partial charge in [0.25, 0.3) is 0 Å². The van der Waals surface area contributed by atoms with Crippen LogP contribution in [-0.4, -0.2) is 28.7 Å². The first-order chi connectivity index (χ1) is 17.3. The highest BCUT2D eigenvalue weighted by Gasteiger charge is 2.13. The Labute approximate surface area is 209 Å². The molecule has 0 saturated heterocycles. The van der Waals surface area contributed by atoms with Crippen molar-refractivity contribution in [3.05, 3.63) is 107 Å². The van der Waals surface area contributed by atoms with Crippen LogP contribution in [0.3, 0.4) is 0 Å². The lowest BCUT2D eigenvalue weighted by molar-refractivity contribution is 0.618. The number of hydrogen-bond donors (Lipinski definition) is 0. The van der Waals surface area contributed by atoms with E-state index in [0.29, 0.717) is 0 Å². The van der Waals surface area contributed by atoms with Crippen LogP contribution in [-0.2, 0) is 0 Å². The minimum atomic E-state index is -0.266. The number of halogens is 1. The highest BCUT2D eigenvalue weighted by molar-refractivity contribution is 5.68. The molecule has 6 heterocycles. The van der Waals surface area contributed by atoms with Gasteiger partial charge in [0.2, 0.25) is 0 Å². The first kappa shape index (κ1) is 23.4. The summed E-state index contributed by atoms with van der Waals surface area (Å²) in [6, 6.07) is 13.3. The second kappa shape index (κ2) is 9.34. The van der Waals surface area contributed by atoms with Crippen molar-refractivity contribution in [2.24, 2.45) is 0 Å². The van der Waals surface area contributed by atoms with E-state index in [9.17, 15) is 4.39 Å². The van der Waals surface area contributed by atoms with Gasteiger partial charge in [0, 0.05) is 59.2 Å². The van der Waals surface area contributed by atoms with E-state index in [4.69, 9.17) is 4.98 Å². The van der Waals surface area contributed by atoms with Crippen molar-refractivity contribution < 1.29 is 4.39 Å². The summed E-state index contributed by atoms with van der Waals surface area (Å²) >= 11 is 0. The maximum atomic E-state index is 13.2. The van der Waals surface area contributed by atoms with Gasteiger partial charge in [-0.25, -0.2) is 14.4 Å². The SMILES string of the molecule is Cc1ccn2c(C)c(-c3ccc(C)nc3)nc2c1.Cc1ccncc1-c1nc2ccc(F)cn2c1C. The number of pyridine rings is 4. The summed E-state index contributed by atoms with van der Waals surface area (Å²) in [5.74, 6) is -0.266. The van der Waals surface area contributed by atoms with Gasteiger partial charge in [0.05, 0.1) is 11.4 Å². The Balaban J connectivity index is 0.000000148. The minimum Gasteiger partial charge on any atom is -0.304 e. The smallest absolute Gasteiger partial charge is 0.139 e. The van der Waals surface area contributed by atoms with Crippen molar-refractivity contribution in [1.29, 1.82) is 0 Å². The third-order valence-corrected chi connectivity index (χ3v) is 6.32. The Bertz CT molecular complexity index is 1700. The molecule has 180 valence electrons. The summed E-state index contributed by atoms with van der Waals surface area (Å²) in [4.78, 5) is 17.7. The molecule has 0 aliphatic carbocycles. The Morgan fingerprint density at radius 2 is 1.53 bits per heavy atom. The normalized spacial score (nSPS) is 11.1. The van der Waals surface area contributed by atoms with E-state index in [-0.39, 0.29) is 5.82 Å². The van der Waals surface area contributed by atoms with Crippen molar-refractivity contribution in [3.8, 4) is 22.5 Å². The fraction of sp³-hybridized carbons (Fsp3) is 0.172. The zero-order valence-electron chi connectivity index (χ0n) is 21.0. The molecular weight excluding hydrogens is 451 g/mol. The average molecular weight is 479 g/mol. The van der Waals surface area contributed by atoms with Gasteiger partial charge in [-0.15, -0.1) is 0 Å². The Morgan fingerprint density at radius 3 is 2.28 bits per heavy atom. The number of hydrogen-bond acceptors (Lipinski definition) is 4. The molecule has 0 saturated carbocycles. The molecule has 6 rings (SSSR count). The number of rotatable bonds is 2. The highest BCUT2D eigenvalue weighted by atomic mass is 19.1. The lowest BCUT2D eigenvalue weighted by atomic mass is 10.1. The molecule has 0 radical (unpaired) electrons. The van der Waals surface area contributed by atoms with Gasteiger partial charge < -0.3 is 8.80 Å². The summed E-state index contributed by atoms with van der Waals surface area (Å²) < 4.78 is 17.1. The lowest BCUT2D eigenvalue weighted by Gasteiger charge is -2.02. The molecule has 0 aliphatic heterocycles. The van der Waals surface area contributed by atoms with Crippen LogP contribution in [0, 0.1) is 40.4 Å². The molecule has 6 nitrogen and oxygen atoms in total. The molecule has 6 aromatic rings. The van der Waals surface area contributed by atoms with Gasteiger partial charge in [0.15, 0.2) is 0 Å². The molecule has 6 aromatic heterocycles. The third kappa shape index (κ3) is 4.35. The van der Waals surface area contributed by atoms with Crippen LogP contribution in [0.5, 0.6) is 0 Å². The van der Waals surface area contributed by atoms with Crippen LogP contribution in [0.2, 0.25) is 0 Å². The van der Waals surface area contributed by atoms with E-state index in [2.05, 4.69) is 57.6 Å². The van der Waals surface area contributed by atoms with E-state index in [0.717, 1.165) is 56.5 Å². The predicted octanol–water partition coefficient (Wildman–Crippen LogP) is 6.47. The zero-order chi connectivity index (χ0) is 25.4. The average Bonchev–Trinajstić information content (AvgIpc) is 3.36. The van der Waals surface area contributed by atoms with Crippen molar-refractivity contribution in [1.82, 2.24) is 28.7 Å². The largest absolute Gasteiger partial charge is 0.304 e. The Hall–Kier alpha value is -4.39. The lowest BCUT2D eigenvalue weighted by Crippen LogP contribution is -1.90. The van der Waals surface area contributed by atoms with Crippen molar-refractivity contribution in [3.63, 3.8) is 0 Å².